The molecule has 2 nitrogen and oxygen atoms in total. The Balaban J connectivity index is 2.84. The Hall–Kier alpha value is -0.880. The Morgan fingerprint density at radius 2 is 2.10 bits per heavy atom. The molecular weight excluding hydrogens is 246 g/mol. The third-order valence-electron chi connectivity index (χ3n) is 4.83. The van der Waals surface area contributed by atoms with Crippen LogP contribution in [0.5, 0.6) is 0 Å². The first-order valence-electron chi connectivity index (χ1n) is 8.20. The molecule has 1 aliphatic rings. The van der Waals surface area contributed by atoms with Crippen molar-refractivity contribution in [3.63, 3.8) is 0 Å². The fourth-order valence-corrected chi connectivity index (χ4v) is 3.62. The Labute approximate surface area is 124 Å². The maximum Gasteiger partial charge on any atom is 0.235 e. The van der Waals surface area contributed by atoms with E-state index < -0.39 is 0 Å². The number of rotatable bonds is 6. The maximum atomic E-state index is 10.6. The van der Waals surface area contributed by atoms with E-state index >= 15 is 0 Å². The van der Waals surface area contributed by atoms with Crippen molar-refractivity contribution in [1.82, 2.24) is 0 Å². The van der Waals surface area contributed by atoms with Crippen LogP contribution in [0.25, 0.3) is 0 Å². The molecule has 0 radical (unpaired) electrons. The normalized spacial score (nSPS) is 30.2. The van der Waals surface area contributed by atoms with Crippen LogP contribution in [0.15, 0.2) is 17.1 Å². The van der Waals surface area contributed by atoms with E-state index in [9.17, 15) is 4.79 Å². The fourth-order valence-electron chi connectivity index (χ4n) is 3.62. The predicted octanol–water partition coefficient (Wildman–Crippen LogP) is 5.15. The largest absolute Gasteiger partial charge is 0.235 e. The van der Waals surface area contributed by atoms with Gasteiger partial charge >= 0.3 is 0 Å². The average Bonchev–Trinajstić information content (AvgIpc) is 2.37. The minimum atomic E-state index is -0.362. The number of carbonyl (C=O) groups excluding carboxylic acids is 1. The highest BCUT2D eigenvalue weighted by Crippen LogP contribution is 2.39. The summed E-state index contributed by atoms with van der Waals surface area (Å²) in [6.45, 7) is 11.2. The lowest BCUT2D eigenvalue weighted by molar-refractivity contribution is 0.178. The van der Waals surface area contributed by atoms with Crippen molar-refractivity contribution in [2.75, 3.05) is 0 Å². The number of isocyanates is 1. The van der Waals surface area contributed by atoms with Crippen molar-refractivity contribution in [3.05, 3.63) is 12.2 Å². The molecule has 0 aliphatic heterocycles. The van der Waals surface area contributed by atoms with Gasteiger partial charge in [0.1, 0.15) is 0 Å². The smallest absolute Gasteiger partial charge is 0.211 e. The van der Waals surface area contributed by atoms with Crippen LogP contribution in [0, 0.1) is 23.7 Å². The van der Waals surface area contributed by atoms with E-state index in [1.165, 1.54) is 19.3 Å². The third kappa shape index (κ3) is 4.90. The minimum absolute atomic E-state index is 0.362. The highest BCUT2D eigenvalue weighted by atomic mass is 16.1. The lowest BCUT2D eigenvalue weighted by Gasteiger charge is -2.36. The van der Waals surface area contributed by atoms with Crippen LogP contribution in [0.4, 0.5) is 0 Å². The number of nitrogens with zero attached hydrogens (tertiary/aromatic N) is 1. The topological polar surface area (TPSA) is 29.4 Å². The summed E-state index contributed by atoms with van der Waals surface area (Å²) in [6.07, 6.45) is 12.1. The van der Waals surface area contributed by atoms with E-state index in [1.807, 2.05) is 6.92 Å². The summed E-state index contributed by atoms with van der Waals surface area (Å²) < 4.78 is 0. The average molecular weight is 277 g/mol. The predicted molar refractivity (Wildman–Crippen MR) is 85.4 cm³/mol. The van der Waals surface area contributed by atoms with Crippen molar-refractivity contribution >= 4 is 6.08 Å². The molecular formula is C18H31NO. The standard InChI is InChI=1S/C18H31NO/c1-6-10-18(5,19-13-20)11-9-16-12-15(4)7-8-17(16)14(2)3/h9,11,14-17H,6-8,10,12H2,1-5H3/t15-,16-,17+,18-/m1/s1. The van der Waals surface area contributed by atoms with Gasteiger partial charge in [0, 0.05) is 0 Å². The van der Waals surface area contributed by atoms with Gasteiger partial charge in [-0.1, -0.05) is 52.7 Å². The number of hydrogen-bond donors (Lipinski definition) is 0. The van der Waals surface area contributed by atoms with Crippen LogP contribution in [-0.4, -0.2) is 11.6 Å². The molecule has 0 N–H and O–H groups in total. The zero-order valence-electron chi connectivity index (χ0n) is 13.9. The van der Waals surface area contributed by atoms with Crippen LogP contribution >= 0.6 is 0 Å². The van der Waals surface area contributed by atoms with Gasteiger partial charge in [0.15, 0.2) is 0 Å². The molecule has 0 bridgehead atoms. The second-order valence-electron chi connectivity index (χ2n) is 7.16. The van der Waals surface area contributed by atoms with E-state index in [-0.39, 0.29) is 5.54 Å². The highest BCUT2D eigenvalue weighted by Gasteiger charge is 2.29. The summed E-state index contributed by atoms with van der Waals surface area (Å²) in [4.78, 5) is 14.7. The molecule has 1 saturated carbocycles. The molecule has 0 unspecified atom stereocenters. The van der Waals surface area contributed by atoms with Crippen LogP contribution in [0.1, 0.15) is 66.7 Å². The quantitative estimate of drug-likeness (QED) is 0.375. The van der Waals surface area contributed by atoms with Gasteiger partial charge in [-0.25, -0.2) is 4.79 Å². The third-order valence-corrected chi connectivity index (χ3v) is 4.83. The fraction of sp³-hybridized carbons (Fsp3) is 0.833. The monoisotopic (exact) mass is 277 g/mol. The Kier molecular flexibility index (Phi) is 6.68. The first-order valence-corrected chi connectivity index (χ1v) is 8.20. The van der Waals surface area contributed by atoms with Gasteiger partial charge < -0.3 is 0 Å². The van der Waals surface area contributed by atoms with Gasteiger partial charge in [0.2, 0.25) is 6.08 Å². The van der Waals surface area contributed by atoms with Crippen LogP contribution in [-0.2, 0) is 4.79 Å². The van der Waals surface area contributed by atoms with Crippen LogP contribution in [0.3, 0.4) is 0 Å². The van der Waals surface area contributed by atoms with E-state index in [1.54, 1.807) is 6.08 Å². The molecule has 4 atom stereocenters. The molecule has 0 amide bonds. The first kappa shape index (κ1) is 17.2. The van der Waals surface area contributed by atoms with Crippen LogP contribution < -0.4 is 0 Å². The Bertz CT molecular complexity index is 368. The highest BCUT2D eigenvalue weighted by molar-refractivity contribution is 5.36. The molecule has 0 aromatic heterocycles. The first-order chi connectivity index (χ1) is 9.41. The lowest BCUT2D eigenvalue weighted by Crippen LogP contribution is -2.27. The van der Waals surface area contributed by atoms with Crippen molar-refractivity contribution in [2.24, 2.45) is 28.7 Å². The Morgan fingerprint density at radius 3 is 2.65 bits per heavy atom. The van der Waals surface area contributed by atoms with E-state index in [0.29, 0.717) is 5.92 Å². The SMILES string of the molecule is CCC[C@](C)(C=C[C@@H]1C[C@H](C)CC[C@H]1C(C)C)N=C=O. The molecule has 114 valence electrons. The number of aliphatic imine (C=N–C) groups is 1. The van der Waals surface area contributed by atoms with Gasteiger partial charge in [-0.3, -0.25) is 0 Å². The molecule has 0 heterocycles. The van der Waals surface area contributed by atoms with Gasteiger partial charge in [-0.2, -0.15) is 4.99 Å². The molecule has 1 fully saturated rings. The molecule has 0 aromatic rings. The summed E-state index contributed by atoms with van der Waals surface area (Å²) >= 11 is 0. The lowest BCUT2D eigenvalue weighted by atomic mass is 9.69. The maximum absolute atomic E-state index is 10.6. The molecule has 20 heavy (non-hydrogen) atoms. The summed E-state index contributed by atoms with van der Waals surface area (Å²) in [5, 5.41) is 0. The molecule has 1 rings (SSSR count). The summed E-state index contributed by atoms with van der Waals surface area (Å²) in [5.74, 6) is 2.95. The van der Waals surface area contributed by atoms with Crippen molar-refractivity contribution in [3.8, 4) is 0 Å². The molecule has 0 saturated heterocycles. The molecule has 0 aromatic carbocycles. The van der Waals surface area contributed by atoms with Gasteiger partial charge in [-0.05, 0) is 49.9 Å². The van der Waals surface area contributed by atoms with E-state index in [4.69, 9.17) is 0 Å². The summed E-state index contributed by atoms with van der Waals surface area (Å²) in [5.41, 5.74) is -0.362. The van der Waals surface area contributed by atoms with Gasteiger partial charge in [0.25, 0.3) is 0 Å². The van der Waals surface area contributed by atoms with Gasteiger partial charge in [-0.15, -0.1) is 0 Å². The van der Waals surface area contributed by atoms with Gasteiger partial charge in [0.05, 0.1) is 5.54 Å². The number of hydrogen-bond acceptors (Lipinski definition) is 2. The van der Waals surface area contributed by atoms with Crippen molar-refractivity contribution < 1.29 is 4.79 Å². The van der Waals surface area contributed by atoms with Crippen molar-refractivity contribution in [2.45, 2.75) is 72.3 Å². The zero-order chi connectivity index (χ0) is 15.2. The van der Waals surface area contributed by atoms with Crippen molar-refractivity contribution in [1.29, 1.82) is 0 Å². The summed E-state index contributed by atoms with van der Waals surface area (Å²) in [6, 6.07) is 0. The molecule has 2 heteroatoms. The van der Waals surface area contributed by atoms with E-state index in [2.05, 4.69) is 44.8 Å². The number of allylic oxidation sites excluding steroid dienone is 1. The zero-order valence-corrected chi connectivity index (χ0v) is 13.9. The second-order valence-corrected chi connectivity index (χ2v) is 7.16. The van der Waals surface area contributed by atoms with Crippen LogP contribution in [0.2, 0.25) is 0 Å². The Morgan fingerprint density at radius 1 is 1.40 bits per heavy atom. The second kappa shape index (κ2) is 7.78. The molecule has 1 aliphatic carbocycles. The summed E-state index contributed by atoms with van der Waals surface area (Å²) in [7, 11) is 0. The van der Waals surface area contributed by atoms with E-state index in [0.717, 1.165) is 30.6 Å². The minimum Gasteiger partial charge on any atom is -0.211 e. The molecule has 0 spiro atoms.